The van der Waals surface area contributed by atoms with Gasteiger partial charge >= 0.3 is 0 Å². The number of benzene rings is 1. The van der Waals surface area contributed by atoms with Crippen LogP contribution in [0.1, 0.15) is 26.5 Å². The third kappa shape index (κ3) is 1.87. The predicted molar refractivity (Wildman–Crippen MR) is 76.8 cm³/mol. The van der Waals surface area contributed by atoms with Gasteiger partial charge in [-0.15, -0.1) is 0 Å². The molecule has 0 atom stereocenters. The van der Waals surface area contributed by atoms with Crippen LogP contribution < -0.4 is 5.73 Å². The first-order valence-corrected chi connectivity index (χ1v) is 6.26. The highest BCUT2D eigenvalue weighted by Gasteiger charge is 2.25. The van der Waals surface area contributed by atoms with Crippen molar-refractivity contribution < 1.29 is 0 Å². The summed E-state index contributed by atoms with van der Waals surface area (Å²) in [5.41, 5.74) is 9.70. The van der Waals surface area contributed by atoms with Crippen molar-refractivity contribution in [2.75, 3.05) is 5.73 Å². The Balaban J connectivity index is 2.24. The molecule has 2 aromatic heterocycles. The maximum Gasteiger partial charge on any atom is 0.156 e. The monoisotopic (exact) mass is 255 g/mol. The Morgan fingerprint density at radius 3 is 2.58 bits per heavy atom. The van der Waals surface area contributed by atoms with Crippen LogP contribution in [0, 0.1) is 0 Å². The van der Waals surface area contributed by atoms with Crippen LogP contribution in [-0.4, -0.2) is 20.2 Å². The van der Waals surface area contributed by atoms with Crippen LogP contribution in [0.4, 0.5) is 5.82 Å². The van der Waals surface area contributed by atoms with Gasteiger partial charge in [0.05, 0.1) is 22.3 Å². The van der Waals surface area contributed by atoms with E-state index < -0.39 is 0 Å². The molecular weight excluding hydrogens is 238 g/mol. The van der Waals surface area contributed by atoms with Crippen molar-refractivity contribution >= 4 is 16.9 Å². The van der Waals surface area contributed by atoms with Gasteiger partial charge in [-0.1, -0.05) is 32.9 Å². The van der Waals surface area contributed by atoms with Crippen LogP contribution in [0.15, 0.2) is 24.3 Å². The molecule has 98 valence electrons. The normalized spacial score (nSPS) is 12.2. The van der Waals surface area contributed by atoms with Gasteiger partial charge in [0.2, 0.25) is 0 Å². The molecule has 2 heterocycles. The van der Waals surface area contributed by atoms with Gasteiger partial charge in [0.1, 0.15) is 5.82 Å². The van der Waals surface area contributed by atoms with Crippen molar-refractivity contribution in [3.63, 3.8) is 0 Å². The number of nitrogens with zero attached hydrogens (tertiary/aromatic N) is 2. The lowest BCUT2D eigenvalue weighted by Crippen LogP contribution is -2.13. The second kappa shape index (κ2) is 3.85. The summed E-state index contributed by atoms with van der Waals surface area (Å²) in [7, 11) is 0. The molecule has 0 amide bonds. The average Bonchev–Trinajstić information content (AvgIpc) is 2.90. The van der Waals surface area contributed by atoms with Crippen LogP contribution >= 0.6 is 0 Å². The Hall–Kier alpha value is -2.30. The van der Waals surface area contributed by atoms with Crippen LogP contribution in [0.5, 0.6) is 0 Å². The number of hydrogen-bond donors (Lipinski definition) is 3. The van der Waals surface area contributed by atoms with Crippen LogP contribution in [0.3, 0.4) is 0 Å². The number of nitrogens with two attached hydrogens (primary N) is 1. The lowest BCUT2D eigenvalue weighted by Gasteiger charge is -2.17. The van der Waals surface area contributed by atoms with Gasteiger partial charge in [-0.05, 0) is 12.1 Å². The molecule has 0 fully saturated rings. The molecule has 5 nitrogen and oxygen atoms in total. The lowest BCUT2D eigenvalue weighted by atomic mass is 9.89. The molecule has 0 spiro atoms. The van der Waals surface area contributed by atoms with E-state index in [9.17, 15) is 0 Å². The Bertz CT molecular complexity index is 697. The van der Waals surface area contributed by atoms with Crippen LogP contribution in [0.25, 0.3) is 22.4 Å². The maximum absolute atomic E-state index is 5.99. The molecule has 5 heteroatoms. The van der Waals surface area contributed by atoms with E-state index in [0.717, 1.165) is 28.1 Å². The molecule has 4 N–H and O–H groups in total. The van der Waals surface area contributed by atoms with Gasteiger partial charge in [0.15, 0.2) is 5.82 Å². The van der Waals surface area contributed by atoms with E-state index in [4.69, 9.17) is 5.73 Å². The number of fused-ring (bicyclic) bond motifs is 1. The maximum atomic E-state index is 5.99. The molecule has 0 aliphatic heterocycles. The van der Waals surface area contributed by atoms with Crippen molar-refractivity contribution in [2.24, 2.45) is 0 Å². The predicted octanol–water partition coefficient (Wildman–Crippen LogP) is 2.83. The van der Waals surface area contributed by atoms with Gasteiger partial charge in [0.25, 0.3) is 0 Å². The SMILES string of the molecule is CC(C)(C)c1[nH]nc(N)c1-c1nc2ccccc2[nH]1. The minimum atomic E-state index is -0.0705. The standard InChI is InChI=1S/C14H17N5/c1-14(2,3)11-10(12(15)19-18-11)13-16-8-6-4-5-7-9(8)17-13/h4-7H,1-3H3,(H,16,17)(H3,15,18,19). The van der Waals surface area contributed by atoms with E-state index in [2.05, 4.69) is 40.9 Å². The number of para-hydroxylation sites is 2. The summed E-state index contributed by atoms with van der Waals surface area (Å²) >= 11 is 0. The number of nitrogen functional groups attached to an aromatic ring is 1. The van der Waals surface area contributed by atoms with Crippen LogP contribution in [-0.2, 0) is 5.41 Å². The third-order valence-corrected chi connectivity index (χ3v) is 3.17. The first-order chi connectivity index (χ1) is 8.97. The number of nitrogens with one attached hydrogen (secondary N) is 2. The quantitative estimate of drug-likeness (QED) is 0.625. The van der Waals surface area contributed by atoms with Crippen molar-refractivity contribution in [3.8, 4) is 11.4 Å². The largest absolute Gasteiger partial charge is 0.382 e. The first-order valence-electron chi connectivity index (χ1n) is 6.26. The molecule has 3 aromatic rings. The minimum Gasteiger partial charge on any atom is -0.382 e. The van der Waals surface area contributed by atoms with Gasteiger partial charge < -0.3 is 10.7 Å². The molecule has 0 bridgehead atoms. The molecular formula is C14H17N5. The molecule has 0 radical (unpaired) electrons. The zero-order chi connectivity index (χ0) is 13.6. The van der Waals surface area contributed by atoms with E-state index in [0.29, 0.717) is 5.82 Å². The van der Waals surface area contributed by atoms with Gasteiger partial charge in [-0.3, -0.25) is 5.10 Å². The fourth-order valence-corrected chi connectivity index (χ4v) is 2.21. The average molecular weight is 255 g/mol. The minimum absolute atomic E-state index is 0.0705. The second-order valence-corrected chi connectivity index (χ2v) is 5.71. The molecule has 0 aliphatic rings. The fourth-order valence-electron chi connectivity index (χ4n) is 2.21. The highest BCUT2D eigenvalue weighted by molar-refractivity contribution is 5.82. The summed E-state index contributed by atoms with van der Waals surface area (Å²) in [6.07, 6.45) is 0. The Labute approximate surface area is 111 Å². The fraction of sp³-hybridized carbons (Fsp3) is 0.286. The molecule has 19 heavy (non-hydrogen) atoms. The van der Waals surface area contributed by atoms with Crippen molar-refractivity contribution in [3.05, 3.63) is 30.0 Å². The number of aromatic nitrogens is 4. The molecule has 0 saturated heterocycles. The summed E-state index contributed by atoms with van der Waals surface area (Å²) in [6.45, 7) is 6.35. The zero-order valence-corrected chi connectivity index (χ0v) is 11.3. The number of aromatic amines is 2. The van der Waals surface area contributed by atoms with Gasteiger partial charge in [0, 0.05) is 5.41 Å². The Morgan fingerprint density at radius 2 is 1.89 bits per heavy atom. The molecule has 3 rings (SSSR count). The second-order valence-electron chi connectivity index (χ2n) is 5.71. The summed E-state index contributed by atoms with van der Waals surface area (Å²) in [4.78, 5) is 7.89. The highest BCUT2D eigenvalue weighted by atomic mass is 15.2. The van der Waals surface area contributed by atoms with Crippen molar-refractivity contribution in [1.82, 2.24) is 20.2 Å². The number of hydrogen-bond acceptors (Lipinski definition) is 3. The Morgan fingerprint density at radius 1 is 1.16 bits per heavy atom. The zero-order valence-electron chi connectivity index (χ0n) is 11.3. The smallest absolute Gasteiger partial charge is 0.156 e. The molecule has 0 saturated carbocycles. The first kappa shape index (κ1) is 11.8. The molecule has 1 aromatic carbocycles. The number of anilines is 1. The van der Waals surface area contributed by atoms with Gasteiger partial charge in [-0.2, -0.15) is 5.10 Å². The van der Waals surface area contributed by atoms with E-state index in [1.54, 1.807) is 0 Å². The third-order valence-electron chi connectivity index (χ3n) is 3.17. The summed E-state index contributed by atoms with van der Waals surface area (Å²) in [5, 5.41) is 7.14. The molecule has 0 aliphatic carbocycles. The van der Waals surface area contributed by atoms with E-state index in [1.807, 2.05) is 24.3 Å². The number of rotatable bonds is 1. The van der Waals surface area contributed by atoms with E-state index >= 15 is 0 Å². The Kier molecular flexibility index (Phi) is 2.38. The topological polar surface area (TPSA) is 83.4 Å². The summed E-state index contributed by atoms with van der Waals surface area (Å²) < 4.78 is 0. The van der Waals surface area contributed by atoms with E-state index in [-0.39, 0.29) is 5.41 Å². The summed E-state index contributed by atoms with van der Waals surface area (Å²) in [5.74, 6) is 1.24. The molecule has 0 unspecified atom stereocenters. The van der Waals surface area contributed by atoms with E-state index in [1.165, 1.54) is 0 Å². The number of H-pyrrole nitrogens is 2. The lowest BCUT2D eigenvalue weighted by molar-refractivity contribution is 0.568. The summed E-state index contributed by atoms with van der Waals surface area (Å²) in [6, 6.07) is 7.92. The van der Waals surface area contributed by atoms with Crippen LogP contribution in [0.2, 0.25) is 0 Å². The van der Waals surface area contributed by atoms with Crippen molar-refractivity contribution in [1.29, 1.82) is 0 Å². The highest BCUT2D eigenvalue weighted by Crippen LogP contribution is 2.34. The van der Waals surface area contributed by atoms with Gasteiger partial charge in [-0.25, -0.2) is 4.98 Å². The number of imidazole rings is 1. The van der Waals surface area contributed by atoms with Crippen molar-refractivity contribution in [2.45, 2.75) is 26.2 Å².